The maximum atomic E-state index is 12.4. The predicted octanol–water partition coefficient (Wildman–Crippen LogP) is 3.38. The summed E-state index contributed by atoms with van der Waals surface area (Å²) in [6.45, 7) is 0.143. The van der Waals surface area contributed by atoms with Crippen LogP contribution in [0.1, 0.15) is 5.56 Å². The van der Waals surface area contributed by atoms with Gasteiger partial charge in [-0.1, -0.05) is 47.1 Å². The van der Waals surface area contributed by atoms with Gasteiger partial charge in [-0.15, -0.1) is 0 Å². The van der Waals surface area contributed by atoms with E-state index >= 15 is 0 Å². The third-order valence-corrected chi connectivity index (χ3v) is 6.34. The Bertz CT molecular complexity index is 965. The average Bonchev–Trinajstić information content (AvgIpc) is 2.88. The summed E-state index contributed by atoms with van der Waals surface area (Å²) < 4.78 is 27.2. The molecule has 0 radical (unpaired) electrons. The highest BCUT2D eigenvalue weighted by Crippen LogP contribution is 2.25. The van der Waals surface area contributed by atoms with Crippen LogP contribution in [-0.4, -0.2) is 35.2 Å². The number of nitrogens with one attached hydrogen (secondary N) is 1. The summed E-state index contributed by atoms with van der Waals surface area (Å²) in [7, 11) is -3.94. The van der Waals surface area contributed by atoms with Gasteiger partial charge >= 0.3 is 0 Å². The fourth-order valence-electron chi connectivity index (χ4n) is 2.20. The van der Waals surface area contributed by atoms with Crippen molar-refractivity contribution in [2.24, 2.45) is 0 Å². The average molecular weight is 432 g/mol. The van der Waals surface area contributed by atoms with Crippen LogP contribution in [0.25, 0.3) is 0 Å². The number of carbonyl (C=O) groups is 2. The zero-order valence-corrected chi connectivity index (χ0v) is 16.1. The highest BCUT2D eigenvalue weighted by molar-refractivity contribution is 8.14. The van der Waals surface area contributed by atoms with Crippen LogP contribution in [0.15, 0.2) is 41.3 Å². The van der Waals surface area contributed by atoms with Crippen molar-refractivity contribution in [2.45, 2.75) is 11.4 Å². The van der Waals surface area contributed by atoms with E-state index in [9.17, 15) is 18.0 Å². The number of rotatable bonds is 5. The maximum absolute atomic E-state index is 12.4. The monoisotopic (exact) mass is 431 g/mol. The van der Waals surface area contributed by atoms with E-state index in [2.05, 4.69) is 9.71 Å². The minimum absolute atomic E-state index is 0.0856. The number of nitrogens with zero attached hydrogens (tertiary/aromatic N) is 2. The molecule has 1 fully saturated rings. The zero-order valence-electron chi connectivity index (χ0n) is 13.0. The second-order valence-electron chi connectivity index (χ2n) is 5.26. The molecule has 7 nitrogen and oxygen atoms in total. The standard InChI is InChI=1S/C15H11Cl2N3O4S2/c16-12-6-5-11(14(17)18-12)26(23,24)19-10-3-1-9(2-4-10)7-20-13(21)8-25-15(20)22/h1-6,19H,7-8H2. The summed E-state index contributed by atoms with van der Waals surface area (Å²) in [6.07, 6.45) is 0. The molecule has 0 aliphatic carbocycles. The van der Waals surface area contributed by atoms with Gasteiger partial charge in [0.2, 0.25) is 5.91 Å². The molecule has 2 amide bonds. The molecule has 1 N–H and O–H groups in total. The Morgan fingerprint density at radius 3 is 2.38 bits per heavy atom. The quantitative estimate of drug-likeness (QED) is 0.728. The van der Waals surface area contributed by atoms with Crippen LogP contribution in [0.5, 0.6) is 0 Å². The lowest BCUT2D eigenvalue weighted by molar-refractivity contribution is -0.125. The molecule has 3 rings (SSSR count). The van der Waals surface area contributed by atoms with Gasteiger partial charge in [0.25, 0.3) is 15.3 Å². The first kappa shape index (κ1) is 19.0. The molecule has 1 aromatic heterocycles. The van der Waals surface area contributed by atoms with E-state index in [1.807, 2.05) is 0 Å². The number of pyridine rings is 1. The topological polar surface area (TPSA) is 96.4 Å². The van der Waals surface area contributed by atoms with Gasteiger partial charge in [-0.05, 0) is 29.8 Å². The number of aromatic nitrogens is 1. The minimum atomic E-state index is -3.94. The van der Waals surface area contributed by atoms with Crippen molar-refractivity contribution in [3.05, 3.63) is 52.3 Å². The predicted molar refractivity (Wildman–Crippen MR) is 99.9 cm³/mol. The van der Waals surface area contributed by atoms with Gasteiger partial charge in [-0.3, -0.25) is 19.2 Å². The molecule has 2 aromatic rings. The molecule has 2 heterocycles. The molecule has 0 saturated carbocycles. The van der Waals surface area contributed by atoms with Crippen LogP contribution in [0, 0.1) is 0 Å². The number of halogens is 2. The molecule has 26 heavy (non-hydrogen) atoms. The van der Waals surface area contributed by atoms with Gasteiger partial charge in [0.15, 0.2) is 5.15 Å². The minimum Gasteiger partial charge on any atom is -0.280 e. The molecule has 0 atom stereocenters. The van der Waals surface area contributed by atoms with Gasteiger partial charge in [-0.25, -0.2) is 13.4 Å². The van der Waals surface area contributed by atoms with Gasteiger partial charge in [0.05, 0.1) is 12.3 Å². The molecule has 1 aliphatic rings. The van der Waals surface area contributed by atoms with Crippen molar-refractivity contribution in [3.63, 3.8) is 0 Å². The molecular weight excluding hydrogens is 421 g/mol. The van der Waals surface area contributed by atoms with E-state index in [1.54, 1.807) is 12.1 Å². The number of sulfonamides is 1. The van der Waals surface area contributed by atoms with Crippen LogP contribution in [0.2, 0.25) is 10.3 Å². The van der Waals surface area contributed by atoms with Gasteiger partial charge in [0, 0.05) is 5.69 Å². The first-order valence-electron chi connectivity index (χ1n) is 7.17. The zero-order chi connectivity index (χ0) is 18.9. The summed E-state index contributed by atoms with van der Waals surface area (Å²) in [6, 6.07) is 8.90. The lowest BCUT2D eigenvalue weighted by Crippen LogP contribution is -2.27. The first-order chi connectivity index (χ1) is 12.3. The van der Waals surface area contributed by atoms with E-state index in [1.165, 1.54) is 24.3 Å². The van der Waals surface area contributed by atoms with Crippen molar-refractivity contribution >= 4 is 61.8 Å². The molecule has 1 saturated heterocycles. The second kappa shape index (κ2) is 7.43. The smallest absolute Gasteiger partial charge is 0.280 e. The molecular formula is C15H11Cl2N3O4S2. The van der Waals surface area contributed by atoms with Gasteiger partial charge in [0.1, 0.15) is 10.0 Å². The van der Waals surface area contributed by atoms with Crippen LogP contribution in [-0.2, 0) is 21.4 Å². The molecule has 1 aromatic carbocycles. The highest BCUT2D eigenvalue weighted by atomic mass is 35.5. The van der Waals surface area contributed by atoms with E-state index in [4.69, 9.17) is 23.2 Å². The van der Waals surface area contributed by atoms with Crippen molar-refractivity contribution < 1.29 is 18.0 Å². The first-order valence-corrected chi connectivity index (χ1v) is 10.4. The van der Waals surface area contributed by atoms with Crippen LogP contribution >= 0.6 is 35.0 Å². The summed E-state index contributed by atoms with van der Waals surface area (Å²) in [5.41, 5.74) is 0.997. The number of carbonyl (C=O) groups excluding carboxylic acids is 2. The summed E-state index contributed by atoms with van der Waals surface area (Å²) in [4.78, 5) is 27.9. The molecule has 0 spiro atoms. The third kappa shape index (κ3) is 4.12. The van der Waals surface area contributed by atoms with Crippen molar-refractivity contribution in [1.82, 2.24) is 9.88 Å². The Labute approximate surface area is 163 Å². The number of thioether (sulfide) groups is 1. The Morgan fingerprint density at radius 1 is 1.12 bits per heavy atom. The molecule has 0 bridgehead atoms. The molecule has 1 aliphatic heterocycles. The van der Waals surface area contributed by atoms with Gasteiger partial charge < -0.3 is 0 Å². The summed E-state index contributed by atoms with van der Waals surface area (Å²) >= 11 is 12.5. The summed E-state index contributed by atoms with van der Waals surface area (Å²) in [5.74, 6) is -0.0956. The SMILES string of the molecule is O=C1CSC(=O)N1Cc1ccc(NS(=O)(=O)c2ccc(Cl)nc2Cl)cc1. The van der Waals surface area contributed by atoms with E-state index in [-0.39, 0.29) is 38.6 Å². The fourth-order valence-corrected chi connectivity index (χ4v) is 4.65. The molecule has 136 valence electrons. The Kier molecular flexibility index (Phi) is 5.42. The van der Waals surface area contributed by atoms with E-state index < -0.39 is 10.0 Å². The number of anilines is 1. The number of amides is 2. The van der Waals surface area contributed by atoms with Crippen LogP contribution in [0.3, 0.4) is 0 Å². The highest BCUT2D eigenvalue weighted by Gasteiger charge is 2.29. The van der Waals surface area contributed by atoms with Crippen LogP contribution < -0.4 is 4.72 Å². The number of imide groups is 1. The van der Waals surface area contributed by atoms with E-state index in [0.717, 1.165) is 16.7 Å². The summed E-state index contributed by atoms with van der Waals surface area (Å²) in [5, 5.41) is -0.433. The number of hydrogen-bond acceptors (Lipinski definition) is 6. The number of benzene rings is 1. The Balaban J connectivity index is 1.74. The normalized spacial score (nSPS) is 14.8. The molecule has 11 heteroatoms. The van der Waals surface area contributed by atoms with Crippen LogP contribution in [0.4, 0.5) is 10.5 Å². The Morgan fingerprint density at radius 2 is 1.81 bits per heavy atom. The lowest BCUT2D eigenvalue weighted by Gasteiger charge is -2.13. The van der Waals surface area contributed by atoms with Gasteiger partial charge in [-0.2, -0.15) is 0 Å². The molecule has 0 unspecified atom stereocenters. The lowest BCUT2D eigenvalue weighted by atomic mass is 10.2. The Hall–Kier alpha value is -1.81. The second-order valence-corrected chi connectivity index (χ2v) is 8.58. The van der Waals surface area contributed by atoms with E-state index in [0.29, 0.717) is 11.3 Å². The largest absolute Gasteiger partial charge is 0.289 e. The maximum Gasteiger partial charge on any atom is 0.289 e. The van der Waals surface area contributed by atoms with Crippen molar-refractivity contribution in [1.29, 1.82) is 0 Å². The van der Waals surface area contributed by atoms with Crippen molar-refractivity contribution in [2.75, 3.05) is 10.5 Å². The third-order valence-electron chi connectivity index (χ3n) is 3.46. The fraction of sp³-hybridized carbons (Fsp3) is 0.133. The number of hydrogen-bond donors (Lipinski definition) is 1. The van der Waals surface area contributed by atoms with Crippen molar-refractivity contribution in [3.8, 4) is 0 Å².